The lowest BCUT2D eigenvalue weighted by Crippen LogP contribution is -2.28. The van der Waals surface area contributed by atoms with Crippen LogP contribution >= 0.6 is 0 Å². The molecule has 0 aliphatic rings. The summed E-state index contributed by atoms with van der Waals surface area (Å²) in [6.45, 7) is 5.39. The van der Waals surface area contributed by atoms with Crippen LogP contribution in [0.4, 0.5) is 4.39 Å². The van der Waals surface area contributed by atoms with E-state index in [1.165, 1.54) is 0 Å². The molecule has 76 valence electrons. The Kier molecular flexibility index (Phi) is 7.50. The maximum atomic E-state index is 11.7. The van der Waals surface area contributed by atoms with Crippen LogP contribution in [0, 0.1) is 0 Å². The minimum atomic E-state index is -0.845. The van der Waals surface area contributed by atoms with E-state index < -0.39 is 6.67 Å². The quantitative estimate of drug-likeness (QED) is 0.588. The van der Waals surface area contributed by atoms with Gasteiger partial charge in [0.1, 0.15) is 6.67 Å². The fraction of sp³-hybridized carbons (Fsp3) is 0.700. The summed E-state index contributed by atoms with van der Waals surface area (Å²) in [5.74, 6) is -0.330. The van der Waals surface area contributed by atoms with Gasteiger partial charge in [0.25, 0.3) is 0 Å². The first kappa shape index (κ1) is 12.3. The molecule has 3 heteroatoms. The van der Waals surface area contributed by atoms with Crippen molar-refractivity contribution in [2.45, 2.75) is 32.2 Å². The number of hydrogen-bond acceptors (Lipinski definition) is 2. The Labute approximate surface area is 79.2 Å². The van der Waals surface area contributed by atoms with E-state index in [1.807, 2.05) is 13.0 Å². The summed E-state index contributed by atoms with van der Waals surface area (Å²) in [6, 6.07) is 0.366. The molecule has 2 nitrogen and oxygen atoms in total. The summed E-state index contributed by atoms with van der Waals surface area (Å²) in [5.41, 5.74) is 0. The maximum Gasteiger partial charge on any atom is 0.165 e. The summed E-state index contributed by atoms with van der Waals surface area (Å²) in [7, 11) is 0. The van der Waals surface area contributed by atoms with E-state index in [2.05, 4.69) is 11.9 Å². The van der Waals surface area contributed by atoms with Crippen LogP contribution in [0.15, 0.2) is 12.7 Å². The normalized spacial score (nSPS) is 12.5. The van der Waals surface area contributed by atoms with Crippen molar-refractivity contribution < 1.29 is 9.18 Å². The highest BCUT2D eigenvalue weighted by atomic mass is 19.1. The van der Waals surface area contributed by atoms with E-state index in [4.69, 9.17) is 0 Å². The largest absolute Gasteiger partial charge is 0.314 e. The molecule has 0 aromatic heterocycles. The smallest absolute Gasteiger partial charge is 0.165 e. The lowest BCUT2D eigenvalue weighted by Gasteiger charge is -2.11. The van der Waals surface area contributed by atoms with Crippen molar-refractivity contribution in [1.82, 2.24) is 5.32 Å². The Bertz CT molecular complexity index is 159. The summed E-state index contributed by atoms with van der Waals surface area (Å²) in [5, 5.41) is 3.15. The fourth-order valence-corrected chi connectivity index (χ4v) is 0.995. The van der Waals surface area contributed by atoms with E-state index in [0.717, 1.165) is 12.8 Å². The van der Waals surface area contributed by atoms with Gasteiger partial charge in [-0.2, -0.15) is 0 Å². The number of carbonyl (C=O) groups excluding carboxylic acids is 1. The first-order chi connectivity index (χ1) is 6.20. The predicted octanol–water partition coefficient (Wildman–Crippen LogP) is 1.86. The van der Waals surface area contributed by atoms with Gasteiger partial charge in [-0.25, -0.2) is 4.39 Å². The molecule has 0 saturated heterocycles. The number of ketones is 1. The van der Waals surface area contributed by atoms with Gasteiger partial charge in [-0.05, 0) is 19.8 Å². The highest BCUT2D eigenvalue weighted by molar-refractivity contribution is 5.79. The number of carbonyl (C=O) groups is 1. The highest BCUT2D eigenvalue weighted by Crippen LogP contribution is 1.96. The molecule has 1 N–H and O–H groups in total. The van der Waals surface area contributed by atoms with Gasteiger partial charge in [0.05, 0.1) is 0 Å². The minimum absolute atomic E-state index is 0.287. The van der Waals surface area contributed by atoms with Crippen LogP contribution in [0.1, 0.15) is 26.2 Å². The molecular formula is C10H18FNO. The first-order valence-electron chi connectivity index (χ1n) is 4.62. The van der Waals surface area contributed by atoms with E-state index in [1.54, 1.807) is 0 Å². The summed E-state index contributed by atoms with van der Waals surface area (Å²) in [4.78, 5) is 10.6. The third-order valence-corrected chi connectivity index (χ3v) is 1.85. The van der Waals surface area contributed by atoms with Gasteiger partial charge in [-0.1, -0.05) is 6.08 Å². The van der Waals surface area contributed by atoms with Crippen molar-refractivity contribution in [1.29, 1.82) is 0 Å². The second-order valence-electron chi connectivity index (χ2n) is 3.14. The van der Waals surface area contributed by atoms with Crippen LogP contribution in [-0.4, -0.2) is 25.0 Å². The molecular weight excluding hydrogens is 169 g/mol. The number of alkyl halides is 1. The summed E-state index contributed by atoms with van der Waals surface area (Å²) >= 11 is 0. The topological polar surface area (TPSA) is 29.1 Å². The van der Waals surface area contributed by atoms with Gasteiger partial charge < -0.3 is 5.32 Å². The van der Waals surface area contributed by atoms with Crippen LogP contribution in [0.5, 0.6) is 0 Å². The predicted molar refractivity (Wildman–Crippen MR) is 52.5 cm³/mol. The minimum Gasteiger partial charge on any atom is -0.314 e. The molecule has 0 radical (unpaired) electrons. The lowest BCUT2D eigenvalue weighted by molar-refractivity contribution is -0.119. The van der Waals surface area contributed by atoms with Crippen molar-refractivity contribution in [2.24, 2.45) is 0 Å². The van der Waals surface area contributed by atoms with E-state index >= 15 is 0 Å². The summed E-state index contributed by atoms with van der Waals surface area (Å²) in [6.07, 6.45) is 4.12. The highest BCUT2D eigenvalue weighted by Gasteiger charge is 2.02. The molecule has 0 saturated carbocycles. The standard InChI is InChI=1S/C10H18FNO/c1-3-4-5-9(2)12-7-6-10(13)8-11/h3,9,12H,1,4-8H2,2H3. The van der Waals surface area contributed by atoms with Crippen LogP contribution < -0.4 is 5.32 Å². The average molecular weight is 187 g/mol. The molecule has 0 aliphatic carbocycles. The lowest BCUT2D eigenvalue weighted by atomic mass is 10.2. The zero-order chi connectivity index (χ0) is 10.1. The summed E-state index contributed by atoms with van der Waals surface area (Å²) < 4.78 is 11.7. The second kappa shape index (κ2) is 7.92. The number of halogens is 1. The first-order valence-corrected chi connectivity index (χ1v) is 4.62. The average Bonchev–Trinajstić information content (AvgIpc) is 2.14. The zero-order valence-corrected chi connectivity index (χ0v) is 8.18. The third-order valence-electron chi connectivity index (χ3n) is 1.85. The second-order valence-corrected chi connectivity index (χ2v) is 3.14. The van der Waals surface area contributed by atoms with Gasteiger partial charge in [0, 0.05) is 19.0 Å². The number of Topliss-reactive ketones (excluding diaryl/α,β-unsaturated/α-hetero) is 1. The fourth-order valence-electron chi connectivity index (χ4n) is 0.995. The van der Waals surface area contributed by atoms with Gasteiger partial charge in [-0.3, -0.25) is 4.79 Å². The molecule has 0 amide bonds. The van der Waals surface area contributed by atoms with E-state index in [9.17, 15) is 9.18 Å². The van der Waals surface area contributed by atoms with Crippen LogP contribution in [0.3, 0.4) is 0 Å². The monoisotopic (exact) mass is 187 g/mol. The van der Waals surface area contributed by atoms with Gasteiger partial charge in [0.2, 0.25) is 0 Å². The Morgan fingerprint density at radius 1 is 1.69 bits per heavy atom. The van der Waals surface area contributed by atoms with Crippen LogP contribution in [0.2, 0.25) is 0 Å². The van der Waals surface area contributed by atoms with Crippen LogP contribution in [-0.2, 0) is 4.79 Å². The van der Waals surface area contributed by atoms with Gasteiger partial charge in [0.15, 0.2) is 5.78 Å². The number of nitrogens with one attached hydrogen (secondary N) is 1. The molecule has 0 aromatic carbocycles. The molecule has 0 spiro atoms. The zero-order valence-electron chi connectivity index (χ0n) is 8.18. The maximum absolute atomic E-state index is 11.7. The molecule has 0 rings (SSSR count). The number of allylic oxidation sites excluding steroid dienone is 1. The molecule has 0 aliphatic heterocycles. The molecule has 0 aromatic rings. The number of rotatable bonds is 8. The van der Waals surface area contributed by atoms with Crippen molar-refractivity contribution in [3.05, 3.63) is 12.7 Å². The Morgan fingerprint density at radius 2 is 2.38 bits per heavy atom. The Morgan fingerprint density at radius 3 is 2.92 bits per heavy atom. The van der Waals surface area contributed by atoms with Crippen molar-refractivity contribution in [3.63, 3.8) is 0 Å². The molecule has 0 fully saturated rings. The van der Waals surface area contributed by atoms with Crippen molar-refractivity contribution >= 4 is 5.78 Å². The molecule has 0 heterocycles. The number of hydrogen-bond donors (Lipinski definition) is 1. The SMILES string of the molecule is C=CCCC(C)NCCC(=O)CF. The molecule has 0 bridgehead atoms. The van der Waals surface area contributed by atoms with E-state index in [-0.39, 0.29) is 12.2 Å². The Balaban J connectivity index is 3.30. The molecule has 13 heavy (non-hydrogen) atoms. The van der Waals surface area contributed by atoms with Crippen molar-refractivity contribution in [2.75, 3.05) is 13.2 Å². The van der Waals surface area contributed by atoms with Crippen molar-refractivity contribution in [3.8, 4) is 0 Å². The molecule has 1 atom stereocenters. The Hall–Kier alpha value is -0.700. The molecule has 1 unspecified atom stereocenters. The van der Waals surface area contributed by atoms with Gasteiger partial charge in [-0.15, -0.1) is 6.58 Å². The van der Waals surface area contributed by atoms with Gasteiger partial charge >= 0.3 is 0 Å². The third kappa shape index (κ3) is 7.65. The van der Waals surface area contributed by atoms with Crippen LogP contribution in [0.25, 0.3) is 0 Å². The van der Waals surface area contributed by atoms with E-state index in [0.29, 0.717) is 12.6 Å².